The highest BCUT2D eigenvalue weighted by Crippen LogP contribution is 2.41. The number of rotatable bonds is 2. The minimum Gasteiger partial charge on any atom is -0.512 e. The Morgan fingerprint density at radius 2 is 2.09 bits per heavy atom. The van der Waals surface area contributed by atoms with E-state index in [0.717, 1.165) is 19.3 Å². The average Bonchev–Trinajstić information content (AvgIpc) is 2.06. The van der Waals surface area contributed by atoms with Crippen LogP contribution in [-0.4, -0.2) is 5.11 Å². The molecule has 0 unspecified atom stereocenters. The molecule has 1 heteroatoms. The first kappa shape index (κ1) is 8.63. The van der Waals surface area contributed by atoms with Crippen molar-refractivity contribution in [3.8, 4) is 0 Å². The van der Waals surface area contributed by atoms with E-state index in [1.54, 1.807) is 0 Å². The second-order valence-corrected chi connectivity index (χ2v) is 3.47. The standard InChI is InChI=1S/C10H18O/c1-3-10(4-2)8-6-5-7-9(10)11/h7,11H,3-6,8H2,1-2H3. The predicted octanol–water partition coefficient (Wildman–Crippen LogP) is 3.42. The van der Waals surface area contributed by atoms with Crippen molar-refractivity contribution in [2.24, 2.45) is 5.41 Å². The fourth-order valence-electron chi connectivity index (χ4n) is 1.99. The number of hydrogen-bond acceptors (Lipinski definition) is 1. The van der Waals surface area contributed by atoms with Crippen LogP contribution in [0.4, 0.5) is 0 Å². The highest BCUT2D eigenvalue weighted by Gasteiger charge is 2.31. The van der Waals surface area contributed by atoms with Gasteiger partial charge < -0.3 is 5.11 Å². The van der Waals surface area contributed by atoms with Crippen molar-refractivity contribution in [2.75, 3.05) is 0 Å². The van der Waals surface area contributed by atoms with Crippen molar-refractivity contribution < 1.29 is 5.11 Å². The maximum atomic E-state index is 9.68. The molecular weight excluding hydrogens is 136 g/mol. The van der Waals surface area contributed by atoms with Gasteiger partial charge in [0.25, 0.3) is 0 Å². The van der Waals surface area contributed by atoms with Gasteiger partial charge >= 0.3 is 0 Å². The zero-order chi connectivity index (χ0) is 8.32. The maximum Gasteiger partial charge on any atom is 0.0944 e. The Hall–Kier alpha value is -0.460. The van der Waals surface area contributed by atoms with Crippen LogP contribution in [0.25, 0.3) is 0 Å². The van der Waals surface area contributed by atoms with Crippen LogP contribution >= 0.6 is 0 Å². The molecule has 0 radical (unpaired) electrons. The van der Waals surface area contributed by atoms with Gasteiger partial charge in [-0.3, -0.25) is 0 Å². The Bertz CT molecular complexity index is 154. The molecule has 0 spiro atoms. The molecule has 1 aliphatic carbocycles. The molecule has 0 saturated heterocycles. The molecule has 0 atom stereocenters. The molecular formula is C10H18O. The van der Waals surface area contributed by atoms with E-state index in [1.165, 1.54) is 12.8 Å². The zero-order valence-electron chi connectivity index (χ0n) is 7.56. The van der Waals surface area contributed by atoms with E-state index in [1.807, 2.05) is 6.08 Å². The highest BCUT2D eigenvalue weighted by molar-refractivity contribution is 5.09. The first-order chi connectivity index (χ1) is 5.25. The van der Waals surface area contributed by atoms with Crippen LogP contribution in [0.15, 0.2) is 11.8 Å². The van der Waals surface area contributed by atoms with Crippen LogP contribution in [0.5, 0.6) is 0 Å². The Kier molecular flexibility index (Phi) is 2.58. The molecule has 1 N–H and O–H groups in total. The van der Waals surface area contributed by atoms with Crippen molar-refractivity contribution in [1.82, 2.24) is 0 Å². The Morgan fingerprint density at radius 3 is 2.45 bits per heavy atom. The lowest BCUT2D eigenvalue weighted by molar-refractivity contribution is 0.172. The van der Waals surface area contributed by atoms with E-state index >= 15 is 0 Å². The zero-order valence-corrected chi connectivity index (χ0v) is 7.56. The minimum absolute atomic E-state index is 0.137. The van der Waals surface area contributed by atoms with Crippen molar-refractivity contribution in [2.45, 2.75) is 46.0 Å². The molecule has 1 nitrogen and oxygen atoms in total. The third-order valence-corrected chi connectivity index (χ3v) is 3.09. The van der Waals surface area contributed by atoms with Gasteiger partial charge in [-0.25, -0.2) is 0 Å². The Balaban J connectivity index is 2.79. The van der Waals surface area contributed by atoms with Crippen LogP contribution in [-0.2, 0) is 0 Å². The number of aliphatic hydroxyl groups excluding tert-OH is 1. The second kappa shape index (κ2) is 3.29. The van der Waals surface area contributed by atoms with Crippen LogP contribution in [0.3, 0.4) is 0 Å². The smallest absolute Gasteiger partial charge is 0.0944 e. The summed E-state index contributed by atoms with van der Waals surface area (Å²) in [5, 5.41) is 9.68. The predicted molar refractivity (Wildman–Crippen MR) is 47.6 cm³/mol. The summed E-state index contributed by atoms with van der Waals surface area (Å²) >= 11 is 0. The summed E-state index contributed by atoms with van der Waals surface area (Å²) in [7, 11) is 0. The number of hydrogen-bond donors (Lipinski definition) is 1. The normalized spacial score (nSPS) is 22.9. The molecule has 11 heavy (non-hydrogen) atoms. The molecule has 64 valence electrons. The molecule has 1 aliphatic rings. The van der Waals surface area contributed by atoms with E-state index < -0.39 is 0 Å². The second-order valence-electron chi connectivity index (χ2n) is 3.47. The van der Waals surface area contributed by atoms with Gasteiger partial charge in [0.1, 0.15) is 0 Å². The molecule has 1 rings (SSSR count). The number of allylic oxidation sites excluding steroid dienone is 2. The van der Waals surface area contributed by atoms with Crippen LogP contribution in [0.1, 0.15) is 46.0 Å². The summed E-state index contributed by atoms with van der Waals surface area (Å²) in [6.45, 7) is 4.33. The van der Waals surface area contributed by atoms with Gasteiger partial charge in [-0.2, -0.15) is 0 Å². The van der Waals surface area contributed by atoms with Crippen LogP contribution < -0.4 is 0 Å². The Labute approximate surface area is 69.1 Å². The summed E-state index contributed by atoms with van der Waals surface area (Å²) in [5.74, 6) is 0.647. The van der Waals surface area contributed by atoms with Crippen molar-refractivity contribution in [1.29, 1.82) is 0 Å². The third kappa shape index (κ3) is 1.42. The summed E-state index contributed by atoms with van der Waals surface area (Å²) in [5.41, 5.74) is 0.137. The Morgan fingerprint density at radius 1 is 1.45 bits per heavy atom. The van der Waals surface area contributed by atoms with Crippen molar-refractivity contribution in [3.05, 3.63) is 11.8 Å². The largest absolute Gasteiger partial charge is 0.512 e. The monoisotopic (exact) mass is 154 g/mol. The lowest BCUT2D eigenvalue weighted by Gasteiger charge is -2.33. The quantitative estimate of drug-likeness (QED) is 0.646. The topological polar surface area (TPSA) is 20.2 Å². The van der Waals surface area contributed by atoms with Gasteiger partial charge in [-0.15, -0.1) is 0 Å². The van der Waals surface area contributed by atoms with E-state index in [-0.39, 0.29) is 5.41 Å². The molecule has 0 bridgehead atoms. The van der Waals surface area contributed by atoms with Crippen molar-refractivity contribution >= 4 is 0 Å². The molecule has 0 aromatic carbocycles. The van der Waals surface area contributed by atoms with Gasteiger partial charge in [-0.1, -0.05) is 13.8 Å². The fraction of sp³-hybridized carbons (Fsp3) is 0.800. The lowest BCUT2D eigenvalue weighted by Crippen LogP contribution is -2.24. The van der Waals surface area contributed by atoms with Gasteiger partial charge in [-0.05, 0) is 38.2 Å². The van der Waals surface area contributed by atoms with Crippen LogP contribution in [0.2, 0.25) is 0 Å². The van der Waals surface area contributed by atoms with E-state index in [0.29, 0.717) is 5.76 Å². The summed E-state index contributed by atoms with van der Waals surface area (Å²) in [6, 6.07) is 0. The van der Waals surface area contributed by atoms with Crippen molar-refractivity contribution in [3.63, 3.8) is 0 Å². The molecule has 0 aromatic heterocycles. The molecule has 0 aromatic rings. The first-order valence-corrected chi connectivity index (χ1v) is 4.65. The van der Waals surface area contributed by atoms with Gasteiger partial charge in [0.2, 0.25) is 0 Å². The molecule has 0 heterocycles. The first-order valence-electron chi connectivity index (χ1n) is 4.65. The molecule has 0 amide bonds. The summed E-state index contributed by atoms with van der Waals surface area (Å²) < 4.78 is 0. The minimum atomic E-state index is 0.137. The van der Waals surface area contributed by atoms with Gasteiger partial charge in [0, 0.05) is 5.41 Å². The van der Waals surface area contributed by atoms with E-state index in [2.05, 4.69) is 13.8 Å². The van der Waals surface area contributed by atoms with E-state index in [9.17, 15) is 5.11 Å². The molecule has 0 aliphatic heterocycles. The molecule has 0 fully saturated rings. The maximum absolute atomic E-state index is 9.68. The third-order valence-electron chi connectivity index (χ3n) is 3.09. The van der Waals surface area contributed by atoms with E-state index in [4.69, 9.17) is 0 Å². The SMILES string of the molecule is CCC1(CC)CCCC=C1O. The summed E-state index contributed by atoms with van der Waals surface area (Å²) in [6.07, 6.45) is 7.62. The number of aliphatic hydroxyl groups is 1. The average molecular weight is 154 g/mol. The van der Waals surface area contributed by atoms with Gasteiger partial charge in [0.15, 0.2) is 0 Å². The van der Waals surface area contributed by atoms with Crippen LogP contribution in [0, 0.1) is 5.41 Å². The lowest BCUT2D eigenvalue weighted by atomic mass is 9.73. The fourth-order valence-corrected chi connectivity index (χ4v) is 1.99. The van der Waals surface area contributed by atoms with Gasteiger partial charge in [0.05, 0.1) is 5.76 Å². The highest BCUT2D eigenvalue weighted by atomic mass is 16.3. The molecule has 0 saturated carbocycles. The summed E-state index contributed by atoms with van der Waals surface area (Å²) in [4.78, 5) is 0.